The highest BCUT2D eigenvalue weighted by atomic mass is 16.5. The first-order valence-corrected chi connectivity index (χ1v) is 6.37. The molecular formula is C13H21N3O2. The third-order valence-electron chi connectivity index (χ3n) is 3.00. The van der Waals surface area contributed by atoms with Crippen LogP contribution in [0, 0.1) is 0 Å². The van der Waals surface area contributed by atoms with Crippen LogP contribution in [-0.2, 0) is 4.74 Å². The molecule has 0 spiro atoms. The van der Waals surface area contributed by atoms with E-state index in [4.69, 9.17) is 10.5 Å². The van der Waals surface area contributed by atoms with E-state index in [0.717, 1.165) is 25.8 Å². The van der Waals surface area contributed by atoms with Gasteiger partial charge in [-0.15, -0.1) is 0 Å². The fourth-order valence-electron chi connectivity index (χ4n) is 1.94. The van der Waals surface area contributed by atoms with Crippen molar-refractivity contribution in [1.82, 2.24) is 9.47 Å². The lowest BCUT2D eigenvalue weighted by atomic mass is 10.4. The lowest BCUT2D eigenvalue weighted by molar-refractivity contribution is 0.0480. The van der Waals surface area contributed by atoms with Crippen molar-refractivity contribution >= 4 is 11.7 Å². The van der Waals surface area contributed by atoms with Crippen LogP contribution in [0.5, 0.6) is 0 Å². The van der Waals surface area contributed by atoms with Crippen molar-refractivity contribution in [3.63, 3.8) is 0 Å². The number of carbonyl (C=O) groups excluding carboxylic acids is 1. The minimum atomic E-state index is -0.266. The lowest BCUT2D eigenvalue weighted by Crippen LogP contribution is -2.17. The van der Waals surface area contributed by atoms with Gasteiger partial charge in [0.15, 0.2) is 0 Å². The summed E-state index contributed by atoms with van der Waals surface area (Å²) in [6.45, 7) is 1.37. The van der Waals surface area contributed by atoms with Gasteiger partial charge in [0, 0.05) is 18.8 Å². The van der Waals surface area contributed by atoms with Gasteiger partial charge in [0.1, 0.15) is 5.69 Å². The molecule has 0 atom stereocenters. The SMILES string of the molecule is CN(C)CCCOC(=O)c1cc(N)cn1C1CC1. The maximum absolute atomic E-state index is 11.9. The molecule has 1 aliphatic rings. The van der Waals surface area contributed by atoms with E-state index in [1.165, 1.54) is 0 Å². The van der Waals surface area contributed by atoms with E-state index in [2.05, 4.69) is 4.90 Å². The van der Waals surface area contributed by atoms with Crippen molar-refractivity contribution in [1.29, 1.82) is 0 Å². The van der Waals surface area contributed by atoms with Gasteiger partial charge in [-0.05, 0) is 39.4 Å². The predicted molar refractivity (Wildman–Crippen MR) is 70.6 cm³/mol. The van der Waals surface area contributed by atoms with Crippen molar-refractivity contribution in [3.05, 3.63) is 18.0 Å². The van der Waals surface area contributed by atoms with Gasteiger partial charge < -0.3 is 19.9 Å². The van der Waals surface area contributed by atoms with Gasteiger partial charge in [0.2, 0.25) is 0 Å². The lowest BCUT2D eigenvalue weighted by Gasteiger charge is -2.10. The molecular weight excluding hydrogens is 230 g/mol. The average Bonchev–Trinajstić information content (AvgIpc) is 3.07. The largest absolute Gasteiger partial charge is 0.461 e. The molecule has 0 aliphatic heterocycles. The molecule has 1 aromatic heterocycles. The molecule has 0 saturated heterocycles. The maximum atomic E-state index is 11.9. The molecule has 5 nitrogen and oxygen atoms in total. The van der Waals surface area contributed by atoms with E-state index < -0.39 is 0 Å². The van der Waals surface area contributed by atoms with Crippen molar-refractivity contribution in [2.75, 3.05) is 33.0 Å². The Morgan fingerprint density at radius 3 is 2.89 bits per heavy atom. The monoisotopic (exact) mass is 251 g/mol. The van der Waals surface area contributed by atoms with Crippen LogP contribution in [0.4, 0.5) is 5.69 Å². The summed E-state index contributed by atoms with van der Waals surface area (Å²) in [5.74, 6) is -0.266. The van der Waals surface area contributed by atoms with Crippen LogP contribution < -0.4 is 5.73 Å². The number of nitrogens with two attached hydrogens (primary N) is 1. The fourth-order valence-corrected chi connectivity index (χ4v) is 1.94. The molecule has 2 N–H and O–H groups in total. The zero-order valence-corrected chi connectivity index (χ0v) is 11.1. The van der Waals surface area contributed by atoms with Crippen LogP contribution in [0.1, 0.15) is 35.8 Å². The number of hydrogen-bond acceptors (Lipinski definition) is 4. The Morgan fingerprint density at radius 2 is 2.28 bits per heavy atom. The van der Waals surface area contributed by atoms with E-state index in [-0.39, 0.29) is 5.97 Å². The molecule has 2 rings (SSSR count). The Hall–Kier alpha value is -1.49. The number of anilines is 1. The third kappa shape index (κ3) is 3.26. The van der Waals surface area contributed by atoms with Crippen LogP contribution in [0.3, 0.4) is 0 Å². The quantitative estimate of drug-likeness (QED) is 0.615. The van der Waals surface area contributed by atoms with E-state index in [9.17, 15) is 4.79 Å². The standard InChI is InChI=1S/C13H21N3O2/c1-15(2)6-3-7-18-13(17)12-8-10(14)9-16(12)11-4-5-11/h8-9,11H,3-7,14H2,1-2H3. The van der Waals surface area contributed by atoms with Gasteiger partial charge in [-0.1, -0.05) is 0 Å². The molecule has 1 aromatic rings. The van der Waals surface area contributed by atoms with Gasteiger partial charge in [-0.2, -0.15) is 0 Å². The molecule has 1 heterocycles. The molecule has 0 radical (unpaired) electrons. The molecule has 1 saturated carbocycles. The molecule has 0 amide bonds. The predicted octanol–water partition coefficient (Wildman–Crippen LogP) is 1.51. The summed E-state index contributed by atoms with van der Waals surface area (Å²) >= 11 is 0. The van der Waals surface area contributed by atoms with E-state index >= 15 is 0 Å². The fraction of sp³-hybridized carbons (Fsp3) is 0.615. The highest BCUT2D eigenvalue weighted by molar-refractivity contribution is 5.89. The second-order valence-corrected chi connectivity index (χ2v) is 5.09. The molecule has 0 bridgehead atoms. The van der Waals surface area contributed by atoms with E-state index in [1.807, 2.05) is 24.9 Å². The molecule has 100 valence electrons. The van der Waals surface area contributed by atoms with Gasteiger partial charge in [-0.3, -0.25) is 0 Å². The van der Waals surface area contributed by atoms with Crippen molar-refractivity contribution in [3.8, 4) is 0 Å². The zero-order valence-electron chi connectivity index (χ0n) is 11.1. The van der Waals surface area contributed by atoms with Crippen LogP contribution in [0.15, 0.2) is 12.3 Å². The molecule has 1 fully saturated rings. The van der Waals surface area contributed by atoms with Crippen LogP contribution in [0.2, 0.25) is 0 Å². The summed E-state index contributed by atoms with van der Waals surface area (Å²) in [4.78, 5) is 14.0. The zero-order chi connectivity index (χ0) is 13.1. The Balaban J connectivity index is 1.88. The van der Waals surface area contributed by atoms with Crippen molar-refractivity contribution in [2.24, 2.45) is 0 Å². The Morgan fingerprint density at radius 1 is 1.56 bits per heavy atom. The second kappa shape index (κ2) is 5.44. The number of nitrogens with zero attached hydrogens (tertiary/aromatic N) is 2. The normalized spacial score (nSPS) is 15.1. The molecule has 5 heteroatoms. The van der Waals surface area contributed by atoms with Gasteiger partial charge in [0.25, 0.3) is 0 Å². The highest BCUT2D eigenvalue weighted by Crippen LogP contribution is 2.37. The minimum absolute atomic E-state index is 0.266. The number of rotatable bonds is 6. The minimum Gasteiger partial charge on any atom is -0.461 e. The number of ether oxygens (including phenoxy) is 1. The third-order valence-corrected chi connectivity index (χ3v) is 3.00. The second-order valence-electron chi connectivity index (χ2n) is 5.09. The summed E-state index contributed by atoms with van der Waals surface area (Å²) in [6, 6.07) is 2.14. The summed E-state index contributed by atoms with van der Waals surface area (Å²) in [7, 11) is 4.00. The highest BCUT2D eigenvalue weighted by Gasteiger charge is 2.28. The first-order chi connectivity index (χ1) is 8.58. The summed E-state index contributed by atoms with van der Waals surface area (Å²) in [6.07, 6.45) is 4.91. The topological polar surface area (TPSA) is 60.5 Å². The average molecular weight is 251 g/mol. The Labute approximate surface area is 108 Å². The Bertz CT molecular complexity index is 422. The Kier molecular flexibility index (Phi) is 3.91. The summed E-state index contributed by atoms with van der Waals surface area (Å²) < 4.78 is 7.22. The first kappa shape index (κ1) is 13.0. The van der Waals surface area contributed by atoms with Crippen LogP contribution in [0.25, 0.3) is 0 Å². The number of esters is 1. The smallest absolute Gasteiger partial charge is 0.355 e. The van der Waals surface area contributed by atoms with Crippen LogP contribution in [-0.4, -0.2) is 42.7 Å². The van der Waals surface area contributed by atoms with E-state index in [1.54, 1.807) is 6.07 Å². The van der Waals surface area contributed by atoms with Crippen molar-refractivity contribution in [2.45, 2.75) is 25.3 Å². The maximum Gasteiger partial charge on any atom is 0.355 e. The van der Waals surface area contributed by atoms with Gasteiger partial charge >= 0.3 is 5.97 Å². The summed E-state index contributed by atoms with van der Waals surface area (Å²) in [5, 5.41) is 0. The van der Waals surface area contributed by atoms with Gasteiger partial charge in [-0.25, -0.2) is 4.79 Å². The number of carbonyl (C=O) groups is 1. The first-order valence-electron chi connectivity index (χ1n) is 6.37. The van der Waals surface area contributed by atoms with Crippen LogP contribution >= 0.6 is 0 Å². The van der Waals surface area contributed by atoms with Crippen molar-refractivity contribution < 1.29 is 9.53 Å². The number of aromatic nitrogens is 1. The number of nitrogen functional groups attached to an aromatic ring is 1. The summed E-state index contributed by atoms with van der Waals surface area (Å²) in [5.41, 5.74) is 6.95. The molecule has 1 aliphatic carbocycles. The molecule has 0 aromatic carbocycles. The number of hydrogen-bond donors (Lipinski definition) is 1. The van der Waals surface area contributed by atoms with E-state index in [0.29, 0.717) is 24.0 Å². The molecule has 18 heavy (non-hydrogen) atoms. The van der Waals surface area contributed by atoms with Gasteiger partial charge in [0.05, 0.1) is 12.3 Å². The molecule has 0 unspecified atom stereocenters.